The zero-order valence-electron chi connectivity index (χ0n) is 20.5. The SMILES string of the molecule is CCCN(C(C)Cc1cccc(NC(=O)Nc2ccccc2)c1)C(C1CCNCC1)S(C)(=O)=O. The van der Waals surface area contributed by atoms with Gasteiger partial charge in [-0.1, -0.05) is 37.3 Å². The largest absolute Gasteiger partial charge is 0.323 e. The van der Waals surface area contributed by atoms with Crippen LogP contribution in [0, 0.1) is 5.92 Å². The maximum atomic E-state index is 12.9. The third kappa shape index (κ3) is 7.55. The van der Waals surface area contributed by atoms with Crippen molar-refractivity contribution in [1.29, 1.82) is 0 Å². The molecule has 186 valence electrons. The summed E-state index contributed by atoms with van der Waals surface area (Å²) in [6.45, 7) is 6.67. The van der Waals surface area contributed by atoms with Crippen LogP contribution in [0.1, 0.15) is 38.7 Å². The summed E-state index contributed by atoms with van der Waals surface area (Å²) in [7, 11) is -3.24. The molecule has 7 nitrogen and oxygen atoms in total. The summed E-state index contributed by atoms with van der Waals surface area (Å²) in [5.41, 5.74) is 2.49. The fourth-order valence-electron chi connectivity index (χ4n) is 4.90. The second kappa shape index (κ2) is 12.3. The number of carbonyl (C=O) groups excluding carboxylic acids is 1. The summed E-state index contributed by atoms with van der Waals surface area (Å²) in [6, 6.07) is 16.8. The molecule has 1 aliphatic rings. The predicted molar refractivity (Wildman–Crippen MR) is 140 cm³/mol. The first-order chi connectivity index (χ1) is 16.3. The number of anilines is 2. The van der Waals surface area contributed by atoms with Crippen LogP contribution >= 0.6 is 0 Å². The Balaban J connectivity index is 1.71. The minimum atomic E-state index is -3.24. The minimum absolute atomic E-state index is 0.0444. The van der Waals surface area contributed by atoms with Gasteiger partial charge in [-0.2, -0.15) is 0 Å². The predicted octanol–water partition coefficient (Wildman–Crippen LogP) is 4.34. The lowest BCUT2D eigenvalue weighted by molar-refractivity contribution is 0.131. The molecule has 3 N–H and O–H groups in total. The van der Waals surface area contributed by atoms with Gasteiger partial charge in [-0.25, -0.2) is 13.2 Å². The van der Waals surface area contributed by atoms with Gasteiger partial charge in [0.25, 0.3) is 0 Å². The molecule has 1 saturated heterocycles. The molecule has 2 unspecified atom stereocenters. The van der Waals surface area contributed by atoms with Crippen LogP contribution in [0.2, 0.25) is 0 Å². The number of rotatable bonds is 10. The van der Waals surface area contributed by atoms with Crippen molar-refractivity contribution in [2.75, 3.05) is 36.5 Å². The lowest BCUT2D eigenvalue weighted by Crippen LogP contribution is -2.52. The molecule has 0 radical (unpaired) electrons. The van der Waals surface area contributed by atoms with Gasteiger partial charge < -0.3 is 16.0 Å². The third-order valence-electron chi connectivity index (χ3n) is 6.35. The molecule has 3 rings (SSSR count). The van der Waals surface area contributed by atoms with Crippen molar-refractivity contribution in [3.8, 4) is 0 Å². The Kier molecular flexibility index (Phi) is 9.50. The Bertz CT molecular complexity index is 1020. The Morgan fingerprint density at radius 2 is 1.71 bits per heavy atom. The number of nitrogens with zero attached hydrogens (tertiary/aromatic N) is 1. The second-order valence-electron chi connectivity index (χ2n) is 9.24. The smallest absolute Gasteiger partial charge is 0.317 e. The third-order valence-corrected chi connectivity index (χ3v) is 7.88. The van der Waals surface area contributed by atoms with Gasteiger partial charge in [0.05, 0.1) is 0 Å². The molecular formula is C26H38N4O3S. The van der Waals surface area contributed by atoms with Gasteiger partial charge in [0, 0.05) is 23.7 Å². The standard InChI is InChI=1S/C26H38N4O3S/c1-4-17-30(25(34(3,32)33)22-13-15-27-16-14-22)20(2)18-21-9-8-12-24(19-21)29-26(31)28-23-10-6-5-7-11-23/h5-12,19-20,22,25,27H,4,13-18H2,1-3H3,(H2,28,29,31). The van der Waals surface area contributed by atoms with E-state index in [2.05, 4.69) is 34.7 Å². The van der Waals surface area contributed by atoms with Crippen LogP contribution in [-0.4, -0.2) is 56.7 Å². The molecule has 2 amide bonds. The van der Waals surface area contributed by atoms with Crippen molar-refractivity contribution in [2.45, 2.75) is 50.9 Å². The number of benzene rings is 2. The molecule has 2 atom stereocenters. The number of nitrogens with one attached hydrogen (secondary N) is 3. The first-order valence-electron chi connectivity index (χ1n) is 12.1. The normalized spacial score (nSPS) is 16.7. The highest BCUT2D eigenvalue weighted by Gasteiger charge is 2.37. The summed E-state index contributed by atoms with van der Waals surface area (Å²) < 4.78 is 25.8. The molecule has 2 aromatic rings. The zero-order valence-corrected chi connectivity index (χ0v) is 21.3. The fraction of sp³-hybridized carbons (Fsp3) is 0.500. The number of carbonyl (C=O) groups is 1. The lowest BCUT2D eigenvalue weighted by atomic mass is 9.95. The van der Waals surface area contributed by atoms with E-state index in [1.165, 1.54) is 6.26 Å². The fourth-order valence-corrected chi connectivity index (χ4v) is 6.68. The Morgan fingerprint density at radius 3 is 2.35 bits per heavy atom. The van der Waals surface area contributed by atoms with Crippen LogP contribution in [0.5, 0.6) is 0 Å². The van der Waals surface area contributed by atoms with Gasteiger partial charge in [-0.05, 0) is 88.0 Å². The molecule has 0 aliphatic carbocycles. The van der Waals surface area contributed by atoms with E-state index < -0.39 is 15.2 Å². The molecule has 8 heteroatoms. The van der Waals surface area contributed by atoms with Crippen molar-refractivity contribution in [3.63, 3.8) is 0 Å². The van der Waals surface area contributed by atoms with Crippen molar-refractivity contribution in [2.24, 2.45) is 5.92 Å². The van der Waals surface area contributed by atoms with Gasteiger partial charge in [0.2, 0.25) is 0 Å². The van der Waals surface area contributed by atoms with E-state index in [-0.39, 0.29) is 18.0 Å². The van der Waals surface area contributed by atoms with E-state index in [1.54, 1.807) is 0 Å². The van der Waals surface area contributed by atoms with Crippen LogP contribution in [0.25, 0.3) is 0 Å². The topological polar surface area (TPSA) is 90.5 Å². The number of urea groups is 1. The van der Waals surface area contributed by atoms with E-state index in [9.17, 15) is 13.2 Å². The number of hydrogen-bond donors (Lipinski definition) is 3. The molecule has 34 heavy (non-hydrogen) atoms. The number of sulfone groups is 1. The van der Waals surface area contributed by atoms with Crippen molar-refractivity contribution < 1.29 is 13.2 Å². The van der Waals surface area contributed by atoms with E-state index in [0.717, 1.165) is 50.1 Å². The molecule has 0 spiro atoms. The monoisotopic (exact) mass is 486 g/mol. The number of piperidine rings is 1. The Hall–Kier alpha value is -2.42. The quantitative estimate of drug-likeness (QED) is 0.465. The molecular weight excluding hydrogens is 448 g/mol. The summed E-state index contributed by atoms with van der Waals surface area (Å²) in [5.74, 6) is 0.139. The summed E-state index contributed by atoms with van der Waals surface area (Å²) in [6.07, 6.45) is 4.72. The van der Waals surface area contributed by atoms with E-state index in [1.807, 2.05) is 54.6 Å². The average molecular weight is 487 g/mol. The Morgan fingerprint density at radius 1 is 1.06 bits per heavy atom. The first kappa shape index (κ1) is 26.2. The van der Waals surface area contributed by atoms with Crippen LogP contribution in [0.3, 0.4) is 0 Å². The van der Waals surface area contributed by atoms with E-state index >= 15 is 0 Å². The zero-order chi connectivity index (χ0) is 24.6. The summed E-state index contributed by atoms with van der Waals surface area (Å²) in [4.78, 5) is 14.6. The molecule has 1 heterocycles. The number of hydrogen-bond acceptors (Lipinski definition) is 5. The average Bonchev–Trinajstić information content (AvgIpc) is 2.79. The number of para-hydroxylation sites is 1. The van der Waals surface area contributed by atoms with Crippen LogP contribution in [0.15, 0.2) is 54.6 Å². The van der Waals surface area contributed by atoms with Crippen molar-refractivity contribution in [1.82, 2.24) is 10.2 Å². The molecule has 0 aromatic heterocycles. The van der Waals surface area contributed by atoms with Gasteiger partial charge >= 0.3 is 6.03 Å². The highest BCUT2D eigenvalue weighted by molar-refractivity contribution is 7.91. The summed E-state index contributed by atoms with van der Waals surface area (Å²) in [5, 5.41) is 8.59. The van der Waals surface area contributed by atoms with Gasteiger partial charge in [0.15, 0.2) is 9.84 Å². The highest BCUT2D eigenvalue weighted by atomic mass is 32.2. The van der Waals surface area contributed by atoms with Crippen LogP contribution in [-0.2, 0) is 16.3 Å². The van der Waals surface area contributed by atoms with Crippen molar-refractivity contribution in [3.05, 3.63) is 60.2 Å². The van der Waals surface area contributed by atoms with Gasteiger partial charge in [0.1, 0.15) is 5.37 Å². The molecule has 1 fully saturated rings. The second-order valence-corrected chi connectivity index (χ2v) is 11.4. The summed E-state index contributed by atoms with van der Waals surface area (Å²) >= 11 is 0. The van der Waals surface area contributed by atoms with E-state index in [4.69, 9.17) is 0 Å². The van der Waals surface area contributed by atoms with Crippen LogP contribution in [0.4, 0.5) is 16.2 Å². The lowest BCUT2D eigenvalue weighted by Gasteiger charge is -2.41. The molecule has 0 saturated carbocycles. The molecule has 2 aromatic carbocycles. The molecule has 1 aliphatic heterocycles. The number of amides is 2. The first-order valence-corrected chi connectivity index (χ1v) is 14.1. The maximum absolute atomic E-state index is 12.9. The minimum Gasteiger partial charge on any atom is -0.317 e. The van der Waals surface area contributed by atoms with Gasteiger partial charge in [-0.15, -0.1) is 0 Å². The molecule has 0 bridgehead atoms. The van der Waals surface area contributed by atoms with Crippen molar-refractivity contribution >= 4 is 27.2 Å². The highest BCUT2D eigenvalue weighted by Crippen LogP contribution is 2.28. The van der Waals surface area contributed by atoms with Gasteiger partial charge in [-0.3, -0.25) is 4.90 Å². The maximum Gasteiger partial charge on any atom is 0.323 e. The van der Waals surface area contributed by atoms with E-state index in [0.29, 0.717) is 12.1 Å². The van der Waals surface area contributed by atoms with Crippen LogP contribution < -0.4 is 16.0 Å². The Labute approximate surface area is 204 Å².